The van der Waals surface area contributed by atoms with Gasteiger partial charge in [0.25, 0.3) is 10.0 Å². The second kappa shape index (κ2) is 9.03. The van der Waals surface area contributed by atoms with Gasteiger partial charge in [-0.3, -0.25) is 0 Å². The van der Waals surface area contributed by atoms with E-state index >= 15 is 0 Å². The summed E-state index contributed by atoms with van der Waals surface area (Å²) in [5, 5.41) is 4.16. The highest BCUT2D eigenvalue weighted by atomic mass is 35.5. The van der Waals surface area contributed by atoms with Gasteiger partial charge in [0.15, 0.2) is 6.61 Å². The number of benzene rings is 2. The van der Waals surface area contributed by atoms with Gasteiger partial charge in [0.1, 0.15) is 5.75 Å². The van der Waals surface area contributed by atoms with E-state index < -0.39 is 29.0 Å². The third kappa shape index (κ3) is 4.75. The molecule has 2 aromatic carbocycles. The number of halogens is 5. The van der Waals surface area contributed by atoms with Gasteiger partial charge in [0, 0.05) is 42.8 Å². The molecule has 1 aromatic heterocycles. The van der Waals surface area contributed by atoms with Crippen LogP contribution in [0.15, 0.2) is 53.6 Å². The molecule has 0 bridgehead atoms. The van der Waals surface area contributed by atoms with E-state index in [1.807, 2.05) is 0 Å². The number of piperazine rings is 1. The number of hydrogen-bond acceptors (Lipinski definition) is 5. The molecular weight excluding hydrogens is 486 g/mol. The van der Waals surface area contributed by atoms with Crippen LogP contribution in [0.25, 0.3) is 10.9 Å². The SMILES string of the molecule is O=S(=O)(c1ccc(OCC(F)(F)C(F)F)c(N2CCNCC2)c1)n1ccc2ccc(Cl)cc21. The van der Waals surface area contributed by atoms with Crippen LogP contribution < -0.4 is 15.0 Å². The largest absolute Gasteiger partial charge is 0.485 e. The van der Waals surface area contributed by atoms with Crippen molar-refractivity contribution in [1.29, 1.82) is 0 Å². The number of rotatable bonds is 7. The summed E-state index contributed by atoms with van der Waals surface area (Å²) in [4.78, 5) is 1.65. The highest BCUT2D eigenvalue weighted by molar-refractivity contribution is 7.90. The second-order valence-corrected chi connectivity index (χ2v) is 9.79. The van der Waals surface area contributed by atoms with Gasteiger partial charge in [-0.15, -0.1) is 0 Å². The first-order chi connectivity index (χ1) is 15.6. The first-order valence-corrected chi connectivity index (χ1v) is 11.8. The molecule has 178 valence electrons. The predicted molar refractivity (Wildman–Crippen MR) is 118 cm³/mol. The van der Waals surface area contributed by atoms with Crippen molar-refractivity contribution >= 4 is 38.2 Å². The third-order valence-corrected chi connectivity index (χ3v) is 7.22. The molecule has 3 aromatic rings. The van der Waals surface area contributed by atoms with Gasteiger partial charge in [-0.25, -0.2) is 21.2 Å². The Morgan fingerprint density at radius 1 is 1.09 bits per heavy atom. The lowest BCUT2D eigenvalue weighted by Crippen LogP contribution is -2.44. The quantitative estimate of drug-likeness (QED) is 0.487. The van der Waals surface area contributed by atoms with E-state index in [0.29, 0.717) is 42.1 Å². The van der Waals surface area contributed by atoms with Crippen LogP contribution in [-0.2, 0) is 10.0 Å². The molecule has 0 spiro atoms. The average Bonchev–Trinajstić information content (AvgIpc) is 3.22. The lowest BCUT2D eigenvalue weighted by atomic mass is 10.2. The fraction of sp³-hybridized carbons (Fsp3) is 0.333. The minimum absolute atomic E-state index is 0.100. The average molecular weight is 506 g/mol. The van der Waals surface area contributed by atoms with E-state index in [9.17, 15) is 26.0 Å². The van der Waals surface area contributed by atoms with Crippen LogP contribution in [-0.4, -0.2) is 57.5 Å². The fourth-order valence-electron chi connectivity index (χ4n) is 3.57. The van der Waals surface area contributed by atoms with Gasteiger partial charge >= 0.3 is 12.3 Å². The lowest BCUT2D eigenvalue weighted by Gasteiger charge is -2.31. The van der Waals surface area contributed by atoms with Crippen LogP contribution in [0.5, 0.6) is 5.75 Å². The van der Waals surface area contributed by atoms with E-state index in [1.165, 1.54) is 30.5 Å². The number of nitrogens with zero attached hydrogens (tertiary/aromatic N) is 2. The van der Waals surface area contributed by atoms with Crippen molar-refractivity contribution in [3.05, 3.63) is 53.7 Å². The maximum atomic E-state index is 13.4. The van der Waals surface area contributed by atoms with E-state index in [-0.39, 0.29) is 16.3 Å². The number of alkyl halides is 4. The number of ether oxygens (including phenoxy) is 1. The monoisotopic (exact) mass is 505 g/mol. The summed E-state index contributed by atoms with van der Waals surface area (Å²) in [6.45, 7) is 0.519. The molecule has 4 rings (SSSR count). The Balaban J connectivity index is 1.75. The molecule has 0 amide bonds. The van der Waals surface area contributed by atoms with Gasteiger partial charge in [-0.1, -0.05) is 17.7 Å². The molecule has 33 heavy (non-hydrogen) atoms. The summed E-state index contributed by atoms with van der Waals surface area (Å²) in [5.74, 6) is -4.44. The summed E-state index contributed by atoms with van der Waals surface area (Å²) >= 11 is 6.03. The first-order valence-electron chi connectivity index (χ1n) is 10.0. The topological polar surface area (TPSA) is 63.6 Å². The normalized spacial score (nSPS) is 15.4. The van der Waals surface area contributed by atoms with E-state index in [0.717, 1.165) is 3.97 Å². The predicted octanol–water partition coefficient (Wildman–Crippen LogP) is 4.22. The zero-order valence-electron chi connectivity index (χ0n) is 17.1. The molecule has 1 fully saturated rings. The molecule has 0 unspecified atom stereocenters. The Labute approximate surface area is 192 Å². The number of aromatic nitrogens is 1. The van der Waals surface area contributed by atoms with Crippen molar-refractivity contribution in [3.8, 4) is 5.75 Å². The molecule has 1 aliphatic heterocycles. The van der Waals surface area contributed by atoms with Gasteiger partial charge in [0.2, 0.25) is 0 Å². The Kier molecular flexibility index (Phi) is 6.47. The minimum Gasteiger partial charge on any atom is -0.485 e. The molecule has 0 radical (unpaired) electrons. The standard InChI is InChI=1S/C21H20ClF4N3O3S/c22-15-2-1-14-5-8-29(17(14)11-15)33(30,31)16-3-4-19(32-13-21(25,26)20(23)24)18(12-16)28-9-6-27-7-10-28/h1-5,8,11-12,20,27H,6-7,9-10,13H2. The summed E-state index contributed by atoms with van der Waals surface area (Å²) in [6.07, 6.45) is -2.48. The first kappa shape index (κ1) is 23.7. The molecule has 12 heteroatoms. The Morgan fingerprint density at radius 3 is 2.52 bits per heavy atom. The zero-order chi connectivity index (χ0) is 23.8. The van der Waals surface area contributed by atoms with E-state index in [4.69, 9.17) is 16.3 Å². The Bertz CT molecular complexity index is 1260. The van der Waals surface area contributed by atoms with Crippen LogP contribution in [0.4, 0.5) is 23.2 Å². The number of anilines is 1. The van der Waals surface area contributed by atoms with Crippen LogP contribution in [0.2, 0.25) is 5.02 Å². The molecule has 2 heterocycles. The maximum absolute atomic E-state index is 13.4. The summed E-state index contributed by atoms with van der Waals surface area (Å²) in [5.41, 5.74) is 0.611. The summed E-state index contributed by atoms with van der Waals surface area (Å²) in [7, 11) is -4.08. The number of fused-ring (bicyclic) bond motifs is 1. The molecule has 0 aliphatic carbocycles. The second-order valence-electron chi connectivity index (χ2n) is 7.54. The Hall–Kier alpha value is -2.50. The van der Waals surface area contributed by atoms with Crippen molar-refractivity contribution in [2.24, 2.45) is 0 Å². The zero-order valence-corrected chi connectivity index (χ0v) is 18.7. The molecule has 0 atom stereocenters. The van der Waals surface area contributed by atoms with Crippen molar-refractivity contribution in [3.63, 3.8) is 0 Å². The van der Waals surface area contributed by atoms with Crippen molar-refractivity contribution in [2.75, 3.05) is 37.7 Å². The van der Waals surface area contributed by atoms with E-state index in [2.05, 4.69) is 5.32 Å². The highest BCUT2D eigenvalue weighted by Crippen LogP contribution is 2.35. The minimum atomic E-state index is -4.34. The van der Waals surface area contributed by atoms with Gasteiger partial charge in [-0.2, -0.15) is 8.78 Å². The summed E-state index contributed by atoms with van der Waals surface area (Å²) in [6, 6.07) is 10.2. The van der Waals surface area contributed by atoms with E-state index in [1.54, 1.807) is 23.1 Å². The lowest BCUT2D eigenvalue weighted by molar-refractivity contribution is -0.148. The fourth-order valence-corrected chi connectivity index (χ4v) is 5.10. The van der Waals surface area contributed by atoms with Gasteiger partial charge in [0.05, 0.1) is 16.1 Å². The van der Waals surface area contributed by atoms with Crippen molar-refractivity contribution in [2.45, 2.75) is 17.2 Å². The smallest absolute Gasteiger partial charge is 0.340 e. The summed E-state index contributed by atoms with van der Waals surface area (Å²) < 4.78 is 84.9. The molecule has 0 saturated carbocycles. The number of nitrogens with one attached hydrogen (secondary N) is 1. The molecule has 1 aliphatic rings. The Morgan fingerprint density at radius 2 is 1.82 bits per heavy atom. The van der Waals surface area contributed by atoms with Crippen molar-refractivity contribution < 1.29 is 30.7 Å². The van der Waals surface area contributed by atoms with Crippen LogP contribution in [0, 0.1) is 0 Å². The van der Waals surface area contributed by atoms with Gasteiger partial charge in [-0.05, 0) is 36.4 Å². The van der Waals surface area contributed by atoms with Crippen LogP contribution >= 0.6 is 11.6 Å². The van der Waals surface area contributed by atoms with Crippen molar-refractivity contribution in [1.82, 2.24) is 9.29 Å². The molecule has 1 saturated heterocycles. The third-order valence-electron chi connectivity index (χ3n) is 5.30. The van der Waals surface area contributed by atoms with Gasteiger partial charge < -0.3 is 15.0 Å². The molecule has 1 N–H and O–H groups in total. The maximum Gasteiger partial charge on any atom is 0.340 e. The molecular formula is C21H20ClF4N3O3S. The molecule has 6 nitrogen and oxygen atoms in total. The van der Waals surface area contributed by atoms with Crippen LogP contribution in [0.1, 0.15) is 0 Å². The highest BCUT2D eigenvalue weighted by Gasteiger charge is 2.42. The van der Waals surface area contributed by atoms with Crippen LogP contribution in [0.3, 0.4) is 0 Å². The number of hydrogen-bond donors (Lipinski definition) is 1.